The maximum Gasteiger partial charge on any atom is 0.335 e. The summed E-state index contributed by atoms with van der Waals surface area (Å²) in [6.07, 6.45) is 0.369. The van der Waals surface area contributed by atoms with Crippen molar-refractivity contribution in [3.8, 4) is 6.07 Å². The van der Waals surface area contributed by atoms with E-state index in [9.17, 15) is 10.1 Å². The summed E-state index contributed by atoms with van der Waals surface area (Å²) >= 11 is 6.28. The third kappa shape index (κ3) is 4.23. The molecule has 1 aliphatic heterocycles. The topological polar surface area (TPSA) is 73.6 Å². The van der Waals surface area contributed by atoms with Gasteiger partial charge >= 0.3 is 5.97 Å². The van der Waals surface area contributed by atoms with Crippen molar-refractivity contribution < 1.29 is 14.6 Å². The molecule has 0 aromatic heterocycles. The van der Waals surface area contributed by atoms with Crippen LogP contribution in [0, 0.1) is 11.3 Å². The van der Waals surface area contributed by atoms with Crippen LogP contribution >= 0.6 is 11.6 Å². The third-order valence-corrected chi connectivity index (χ3v) is 4.91. The van der Waals surface area contributed by atoms with Crippen molar-refractivity contribution in [3.05, 3.63) is 70.2 Å². The molecule has 1 N–H and O–H groups in total. The number of halogens is 1. The summed E-state index contributed by atoms with van der Waals surface area (Å²) in [5.41, 5.74) is 2.11. The Morgan fingerprint density at radius 2 is 2.04 bits per heavy atom. The minimum atomic E-state index is -0.954. The smallest absolute Gasteiger partial charge is 0.335 e. The summed E-state index contributed by atoms with van der Waals surface area (Å²) in [4.78, 5) is 13.1. The summed E-state index contributed by atoms with van der Waals surface area (Å²) < 4.78 is 5.86. The Morgan fingerprint density at radius 3 is 2.69 bits per heavy atom. The lowest BCUT2D eigenvalue weighted by Gasteiger charge is -2.36. The van der Waals surface area contributed by atoms with Gasteiger partial charge in [0.25, 0.3) is 0 Å². The number of ether oxygens (including phenoxy) is 1. The maximum absolute atomic E-state index is 11.0. The van der Waals surface area contributed by atoms with Gasteiger partial charge in [-0.2, -0.15) is 5.26 Å². The molecule has 2 aromatic rings. The molecule has 0 radical (unpaired) electrons. The van der Waals surface area contributed by atoms with Gasteiger partial charge < -0.3 is 9.84 Å². The molecule has 1 aliphatic rings. The summed E-state index contributed by atoms with van der Waals surface area (Å²) in [6.45, 7) is 1.80. The number of aromatic carboxylic acids is 1. The number of carboxylic acid groups (broad SMARTS) is 1. The molecule has 0 amide bonds. The van der Waals surface area contributed by atoms with E-state index in [1.165, 1.54) is 0 Å². The Balaban J connectivity index is 1.70. The summed E-state index contributed by atoms with van der Waals surface area (Å²) in [5.74, 6) is -0.954. The number of morpholine rings is 1. The van der Waals surface area contributed by atoms with Gasteiger partial charge in [-0.15, -0.1) is 0 Å². The van der Waals surface area contributed by atoms with Crippen molar-refractivity contribution in [2.75, 3.05) is 19.7 Å². The van der Waals surface area contributed by atoms with Gasteiger partial charge in [-0.1, -0.05) is 41.9 Å². The predicted octanol–water partition coefficient (Wildman–Crippen LogP) is 3.55. The van der Waals surface area contributed by atoms with Crippen LogP contribution in [-0.4, -0.2) is 41.7 Å². The predicted molar refractivity (Wildman–Crippen MR) is 98.2 cm³/mol. The van der Waals surface area contributed by atoms with Crippen molar-refractivity contribution in [3.63, 3.8) is 0 Å². The minimum Gasteiger partial charge on any atom is -0.478 e. The zero-order valence-corrected chi connectivity index (χ0v) is 14.9. The normalized spacial score (nSPS) is 18.8. The van der Waals surface area contributed by atoms with E-state index >= 15 is 0 Å². The number of nitriles is 1. The molecule has 0 aliphatic carbocycles. The number of rotatable bonds is 5. The van der Waals surface area contributed by atoms with Gasteiger partial charge in [0, 0.05) is 30.1 Å². The van der Waals surface area contributed by atoms with Gasteiger partial charge in [0.15, 0.2) is 0 Å². The molecule has 5 nitrogen and oxygen atoms in total. The highest BCUT2D eigenvalue weighted by molar-refractivity contribution is 6.31. The van der Waals surface area contributed by atoms with Crippen molar-refractivity contribution in [1.29, 1.82) is 5.26 Å². The first kappa shape index (κ1) is 18.4. The van der Waals surface area contributed by atoms with Crippen LogP contribution in [0.25, 0.3) is 0 Å². The van der Waals surface area contributed by atoms with Crippen LogP contribution in [0.2, 0.25) is 5.02 Å². The number of carboxylic acids is 1. The second-order valence-electron chi connectivity index (χ2n) is 6.23. The molecular weight excluding hydrogens is 352 g/mol. The fourth-order valence-electron chi connectivity index (χ4n) is 3.14. The Hall–Kier alpha value is -2.39. The van der Waals surface area contributed by atoms with Crippen LogP contribution < -0.4 is 0 Å². The zero-order chi connectivity index (χ0) is 18.5. The fraction of sp³-hybridized carbons (Fsp3) is 0.300. The van der Waals surface area contributed by atoms with Crippen molar-refractivity contribution >= 4 is 17.6 Å². The van der Waals surface area contributed by atoms with Crippen LogP contribution in [0.3, 0.4) is 0 Å². The highest BCUT2D eigenvalue weighted by Crippen LogP contribution is 2.29. The maximum atomic E-state index is 11.0. The molecule has 0 saturated carbocycles. The van der Waals surface area contributed by atoms with Crippen LogP contribution in [0.4, 0.5) is 0 Å². The van der Waals surface area contributed by atoms with Crippen molar-refractivity contribution in [1.82, 2.24) is 4.90 Å². The van der Waals surface area contributed by atoms with Crippen molar-refractivity contribution in [2.45, 2.75) is 18.6 Å². The SMILES string of the molecule is N#CC(Cc1ccc(C(=O)O)cc1)N1CCOC(c2ccccc2Cl)C1. The average molecular weight is 371 g/mol. The molecule has 6 heteroatoms. The second-order valence-corrected chi connectivity index (χ2v) is 6.63. The first-order valence-electron chi connectivity index (χ1n) is 8.40. The average Bonchev–Trinajstić information content (AvgIpc) is 2.67. The Bertz CT molecular complexity index is 817. The van der Waals surface area contributed by atoms with E-state index in [2.05, 4.69) is 11.0 Å². The summed E-state index contributed by atoms with van der Waals surface area (Å²) in [7, 11) is 0. The molecule has 1 saturated heterocycles. The van der Waals surface area contributed by atoms with Gasteiger partial charge in [-0.3, -0.25) is 4.90 Å². The number of hydrogen-bond donors (Lipinski definition) is 1. The number of nitrogens with zero attached hydrogens (tertiary/aromatic N) is 2. The van der Waals surface area contributed by atoms with Gasteiger partial charge in [0.2, 0.25) is 0 Å². The van der Waals surface area contributed by atoms with Gasteiger partial charge in [-0.05, 0) is 23.8 Å². The lowest BCUT2D eigenvalue weighted by Crippen LogP contribution is -2.45. The zero-order valence-electron chi connectivity index (χ0n) is 14.1. The van der Waals surface area contributed by atoms with E-state index in [0.29, 0.717) is 31.1 Å². The van der Waals surface area contributed by atoms with E-state index in [-0.39, 0.29) is 17.7 Å². The van der Waals surface area contributed by atoms with E-state index in [1.807, 2.05) is 24.3 Å². The van der Waals surface area contributed by atoms with Crippen LogP contribution in [0.5, 0.6) is 0 Å². The van der Waals surface area contributed by atoms with Gasteiger partial charge in [0.1, 0.15) is 6.04 Å². The van der Waals surface area contributed by atoms with E-state index in [1.54, 1.807) is 24.3 Å². The minimum absolute atomic E-state index is 0.164. The fourth-order valence-corrected chi connectivity index (χ4v) is 3.40. The lowest BCUT2D eigenvalue weighted by molar-refractivity contribution is -0.0377. The highest BCUT2D eigenvalue weighted by Gasteiger charge is 2.28. The Kier molecular flexibility index (Phi) is 5.89. The number of carbonyl (C=O) groups is 1. The molecule has 3 rings (SSSR count). The van der Waals surface area contributed by atoms with Gasteiger partial charge in [0.05, 0.1) is 24.3 Å². The Labute approximate surface area is 157 Å². The number of benzene rings is 2. The largest absolute Gasteiger partial charge is 0.478 e. The van der Waals surface area contributed by atoms with Crippen molar-refractivity contribution in [2.24, 2.45) is 0 Å². The quantitative estimate of drug-likeness (QED) is 0.871. The molecule has 134 valence electrons. The molecule has 2 atom stereocenters. The molecular formula is C20H19ClN2O3. The molecule has 1 fully saturated rings. The molecule has 26 heavy (non-hydrogen) atoms. The summed E-state index contributed by atoms with van der Waals surface area (Å²) in [6, 6.07) is 16.3. The van der Waals surface area contributed by atoms with Crippen LogP contribution in [0.15, 0.2) is 48.5 Å². The molecule has 1 heterocycles. The molecule has 2 unspecified atom stereocenters. The van der Waals surface area contributed by atoms with Crippen LogP contribution in [0.1, 0.15) is 27.6 Å². The molecule has 0 bridgehead atoms. The second kappa shape index (κ2) is 8.33. The Morgan fingerprint density at radius 1 is 1.31 bits per heavy atom. The van der Waals surface area contributed by atoms with Gasteiger partial charge in [-0.25, -0.2) is 4.79 Å². The first-order valence-corrected chi connectivity index (χ1v) is 8.78. The monoisotopic (exact) mass is 370 g/mol. The third-order valence-electron chi connectivity index (χ3n) is 4.57. The lowest BCUT2D eigenvalue weighted by atomic mass is 10.0. The first-order chi connectivity index (χ1) is 12.6. The molecule has 0 spiro atoms. The van der Waals surface area contributed by atoms with Crippen LogP contribution in [-0.2, 0) is 11.2 Å². The standard InChI is InChI=1S/C20H19ClN2O3/c21-18-4-2-1-3-17(18)19-13-23(9-10-26-19)16(12-22)11-14-5-7-15(8-6-14)20(24)25/h1-8,16,19H,9-11,13H2,(H,24,25). The molecule has 2 aromatic carbocycles. The highest BCUT2D eigenvalue weighted by atomic mass is 35.5. The van der Waals surface area contributed by atoms with E-state index in [0.717, 1.165) is 11.1 Å². The summed E-state index contributed by atoms with van der Waals surface area (Å²) in [5, 5.41) is 19.3. The van der Waals surface area contributed by atoms with E-state index < -0.39 is 5.97 Å². The number of hydrogen-bond acceptors (Lipinski definition) is 4. The van der Waals surface area contributed by atoms with E-state index in [4.69, 9.17) is 21.4 Å².